The summed E-state index contributed by atoms with van der Waals surface area (Å²) in [6.45, 7) is 5.91. The second-order valence-electron chi connectivity index (χ2n) is 7.71. The van der Waals surface area contributed by atoms with Crippen LogP contribution in [0.4, 0.5) is 10.5 Å². The molecule has 2 fully saturated rings. The van der Waals surface area contributed by atoms with E-state index in [0.717, 1.165) is 74.0 Å². The number of fused-ring (bicyclic) bond motifs is 1. The third-order valence-electron chi connectivity index (χ3n) is 5.75. The van der Waals surface area contributed by atoms with Gasteiger partial charge in [-0.05, 0) is 25.0 Å². The molecule has 1 unspecified atom stereocenters. The predicted octanol–water partition coefficient (Wildman–Crippen LogP) is 3.50. The van der Waals surface area contributed by atoms with E-state index in [9.17, 15) is 4.79 Å². The average Bonchev–Trinajstić information content (AvgIpc) is 3.14. The zero-order valence-electron chi connectivity index (χ0n) is 18.0. The Morgan fingerprint density at radius 1 is 1.28 bits per heavy atom. The molecule has 1 amide bonds. The highest BCUT2D eigenvalue weighted by Crippen LogP contribution is 2.34. The van der Waals surface area contributed by atoms with Gasteiger partial charge >= 0.3 is 6.09 Å². The van der Waals surface area contributed by atoms with Crippen molar-refractivity contribution in [3.63, 3.8) is 0 Å². The van der Waals surface area contributed by atoms with E-state index in [1.807, 2.05) is 6.07 Å². The smallest absolute Gasteiger partial charge is 0.409 e. The number of carbonyl (C=O) groups excluding carboxylic acids is 1. The quantitative estimate of drug-likeness (QED) is 0.617. The number of thioether (sulfide) groups is 1. The molecule has 0 spiro atoms. The van der Waals surface area contributed by atoms with Crippen molar-refractivity contribution >= 4 is 71.0 Å². The van der Waals surface area contributed by atoms with Crippen LogP contribution in [-0.4, -0.2) is 95.7 Å². The Labute approximate surface area is 209 Å². The number of carbonyl (C=O) groups is 1. The van der Waals surface area contributed by atoms with Crippen LogP contribution < -0.4 is 4.90 Å². The number of H-pyrrole nitrogens is 1. The van der Waals surface area contributed by atoms with E-state index in [1.165, 1.54) is 7.11 Å². The predicted molar refractivity (Wildman–Crippen MR) is 134 cm³/mol. The molecule has 0 aliphatic carbocycles. The van der Waals surface area contributed by atoms with Crippen molar-refractivity contribution in [1.29, 1.82) is 0 Å². The number of aromatic amines is 1. The van der Waals surface area contributed by atoms with Crippen LogP contribution in [-0.2, 0) is 4.74 Å². The number of amides is 1. The SMILES string of the molecule is COC(=O)N1CCCC(Sc2nc3cc(Cl)c(N4CCN(CCO)CC4)cc3[nH]2)C1.Cl.Cl. The van der Waals surface area contributed by atoms with Gasteiger partial charge in [-0.15, -0.1) is 24.8 Å². The van der Waals surface area contributed by atoms with Gasteiger partial charge < -0.3 is 24.6 Å². The van der Waals surface area contributed by atoms with E-state index in [-0.39, 0.29) is 42.8 Å². The summed E-state index contributed by atoms with van der Waals surface area (Å²) >= 11 is 8.26. The Kier molecular flexibility index (Phi) is 10.5. The Morgan fingerprint density at radius 3 is 2.72 bits per heavy atom. The van der Waals surface area contributed by atoms with Gasteiger partial charge in [-0.25, -0.2) is 9.78 Å². The van der Waals surface area contributed by atoms with E-state index < -0.39 is 0 Å². The van der Waals surface area contributed by atoms with Crippen LogP contribution in [0.1, 0.15) is 12.8 Å². The third-order valence-corrected chi connectivity index (χ3v) is 7.18. The molecule has 2 saturated heterocycles. The minimum absolute atomic E-state index is 0. The summed E-state index contributed by atoms with van der Waals surface area (Å²) < 4.78 is 4.86. The van der Waals surface area contributed by atoms with Crippen molar-refractivity contribution in [3.8, 4) is 0 Å². The topological polar surface area (TPSA) is 84.9 Å². The van der Waals surface area contributed by atoms with Gasteiger partial charge in [-0.3, -0.25) is 4.90 Å². The van der Waals surface area contributed by atoms with Crippen LogP contribution in [0.25, 0.3) is 11.0 Å². The Hall–Kier alpha value is -1.10. The number of nitrogens with one attached hydrogen (secondary N) is 1. The van der Waals surface area contributed by atoms with Crippen LogP contribution in [0.5, 0.6) is 0 Å². The number of anilines is 1. The molecule has 2 N–H and O–H groups in total. The molecule has 2 aromatic rings. The molecule has 0 bridgehead atoms. The van der Waals surface area contributed by atoms with Gasteiger partial charge in [0, 0.05) is 51.1 Å². The van der Waals surface area contributed by atoms with Crippen molar-refractivity contribution < 1.29 is 14.6 Å². The minimum Gasteiger partial charge on any atom is -0.453 e. The van der Waals surface area contributed by atoms with Gasteiger partial charge in [-0.1, -0.05) is 23.4 Å². The molecule has 1 aromatic carbocycles. The molecular formula is C20H30Cl3N5O3S. The second-order valence-corrected chi connectivity index (χ2v) is 9.41. The molecule has 1 atom stereocenters. The van der Waals surface area contributed by atoms with Crippen LogP contribution >= 0.6 is 48.2 Å². The number of halogens is 3. The number of hydrogen-bond donors (Lipinski definition) is 2. The number of piperidine rings is 1. The molecule has 2 aliphatic heterocycles. The number of aliphatic hydroxyl groups excluding tert-OH is 1. The lowest BCUT2D eigenvalue weighted by Gasteiger charge is -2.36. The van der Waals surface area contributed by atoms with Gasteiger partial charge in [0.25, 0.3) is 0 Å². The molecule has 0 radical (unpaired) electrons. The van der Waals surface area contributed by atoms with Gasteiger partial charge in [0.2, 0.25) is 0 Å². The zero-order chi connectivity index (χ0) is 21.1. The lowest BCUT2D eigenvalue weighted by atomic mass is 10.1. The number of imidazole rings is 1. The fraction of sp³-hybridized carbons (Fsp3) is 0.600. The fourth-order valence-corrected chi connectivity index (χ4v) is 5.59. The summed E-state index contributed by atoms with van der Waals surface area (Å²) in [5.74, 6) is 0. The number of β-amino-alcohol motifs (C(OH)–C–C–N with tert-alkyl or cyclic N) is 1. The number of rotatable bonds is 5. The highest BCUT2D eigenvalue weighted by molar-refractivity contribution is 7.99. The molecular weight excluding hydrogens is 497 g/mol. The first-order valence-electron chi connectivity index (χ1n) is 10.3. The number of hydrogen-bond acceptors (Lipinski definition) is 7. The summed E-state index contributed by atoms with van der Waals surface area (Å²) in [6, 6.07) is 4.01. The largest absolute Gasteiger partial charge is 0.453 e. The summed E-state index contributed by atoms with van der Waals surface area (Å²) in [6.07, 6.45) is 1.74. The fourth-order valence-electron chi connectivity index (χ4n) is 4.14. The van der Waals surface area contributed by atoms with Crippen LogP contribution in [0.15, 0.2) is 17.3 Å². The van der Waals surface area contributed by atoms with Crippen molar-refractivity contribution in [2.75, 3.05) is 64.4 Å². The number of piperazine rings is 1. The summed E-state index contributed by atoms with van der Waals surface area (Å²) in [5, 5.41) is 11.0. The maximum Gasteiger partial charge on any atom is 0.409 e. The van der Waals surface area contributed by atoms with Gasteiger partial charge in [-0.2, -0.15) is 0 Å². The van der Waals surface area contributed by atoms with Crippen LogP contribution in [0.2, 0.25) is 5.02 Å². The van der Waals surface area contributed by atoms with Gasteiger partial charge in [0.15, 0.2) is 5.16 Å². The van der Waals surface area contributed by atoms with Crippen molar-refractivity contribution in [2.45, 2.75) is 23.2 Å². The van der Waals surface area contributed by atoms with E-state index >= 15 is 0 Å². The summed E-state index contributed by atoms with van der Waals surface area (Å²) in [5.41, 5.74) is 2.84. The summed E-state index contributed by atoms with van der Waals surface area (Å²) in [7, 11) is 1.42. The number of methoxy groups -OCH3 is 1. The van der Waals surface area contributed by atoms with E-state index in [2.05, 4.69) is 20.9 Å². The number of nitrogens with zero attached hydrogens (tertiary/aromatic N) is 4. The van der Waals surface area contributed by atoms with Crippen molar-refractivity contribution in [2.24, 2.45) is 0 Å². The molecule has 8 nitrogen and oxygen atoms in total. The molecule has 3 heterocycles. The lowest BCUT2D eigenvalue weighted by molar-refractivity contribution is 0.116. The number of benzene rings is 1. The highest BCUT2D eigenvalue weighted by Gasteiger charge is 2.26. The maximum absolute atomic E-state index is 11.8. The number of ether oxygens (including phenoxy) is 1. The van der Waals surface area contributed by atoms with Gasteiger partial charge in [0.1, 0.15) is 0 Å². The Morgan fingerprint density at radius 2 is 2.03 bits per heavy atom. The molecule has 180 valence electrons. The average molecular weight is 527 g/mol. The molecule has 12 heteroatoms. The standard InChI is InChI=1S/C20H28ClN5O3S.2ClH/c1-29-20(28)26-4-2-3-14(13-26)30-19-22-16-11-15(21)18(12-17(16)23-19)25-7-5-24(6-8-25)9-10-27;;/h11-12,14,27H,2-10,13H2,1H3,(H,22,23);2*1H. The van der Waals surface area contributed by atoms with Gasteiger partial charge in [0.05, 0.1) is 35.5 Å². The van der Waals surface area contributed by atoms with Crippen molar-refractivity contribution in [1.82, 2.24) is 19.8 Å². The lowest BCUT2D eigenvalue weighted by Crippen LogP contribution is -2.47. The Balaban J connectivity index is 0.00000181. The van der Waals surface area contributed by atoms with Crippen molar-refractivity contribution in [3.05, 3.63) is 17.2 Å². The molecule has 2 aliphatic rings. The number of likely N-dealkylation sites (tertiary alicyclic amines) is 1. The zero-order valence-corrected chi connectivity index (χ0v) is 21.2. The summed E-state index contributed by atoms with van der Waals surface area (Å²) in [4.78, 5) is 26.3. The van der Waals surface area contributed by atoms with Crippen LogP contribution in [0, 0.1) is 0 Å². The Bertz CT molecular complexity index is 895. The van der Waals surface area contributed by atoms with E-state index in [4.69, 9.17) is 26.4 Å². The minimum atomic E-state index is -0.264. The maximum atomic E-state index is 11.8. The number of aromatic nitrogens is 2. The van der Waals surface area contributed by atoms with E-state index in [1.54, 1.807) is 16.7 Å². The first kappa shape index (κ1) is 27.1. The van der Waals surface area contributed by atoms with E-state index in [0.29, 0.717) is 11.6 Å². The first-order valence-corrected chi connectivity index (χ1v) is 11.6. The number of aliphatic hydroxyl groups is 1. The molecule has 32 heavy (non-hydrogen) atoms. The third kappa shape index (κ3) is 6.27. The normalized spacial score (nSPS) is 19.4. The van der Waals surface area contributed by atoms with Crippen LogP contribution in [0.3, 0.4) is 0 Å². The monoisotopic (exact) mass is 525 g/mol. The molecule has 1 aromatic heterocycles. The highest BCUT2D eigenvalue weighted by atomic mass is 35.5. The molecule has 0 saturated carbocycles. The first-order chi connectivity index (χ1) is 14.6. The molecule has 4 rings (SSSR count). The second kappa shape index (κ2) is 12.4.